The number of alkyl halides is 1. The first-order valence-electron chi connectivity index (χ1n) is 5.85. The van der Waals surface area contributed by atoms with E-state index in [1.807, 2.05) is 0 Å². The molecular formula is C13H11BrFN3O. The second-order valence-corrected chi connectivity index (χ2v) is 5.82. The number of carbonyl (C=O) groups is 1. The fraction of sp³-hybridized carbons (Fsp3) is 0.308. The highest BCUT2D eigenvalue weighted by molar-refractivity contribution is 9.10. The Hall–Kier alpha value is -1.56. The molecule has 0 N–H and O–H groups in total. The van der Waals surface area contributed by atoms with E-state index in [0.29, 0.717) is 11.2 Å². The van der Waals surface area contributed by atoms with E-state index in [1.54, 1.807) is 24.5 Å². The third kappa shape index (κ3) is 2.20. The van der Waals surface area contributed by atoms with Crippen molar-refractivity contribution in [3.8, 4) is 0 Å². The second-order valence-electron chi connectivity index (χ2n) is 4.96. The number of pyridine rings is 2. The highest BCUT2D eigenvalue weighted by Gasteiger charge is 2.42. The Bertz CT molecular complexity index is 666. The third-order valence-corrected chi connectivity index (χ3v) is 3.68. The first-order valence-corrected chi connectivity index (χ1v) is 6.64. The van der Waals surface area contributed by atoms with Crippen molar-refractivity contribution in [1.29, 1.82) is 0 Å². The summed E-state index contributed by atoms with van der Waals surface area (Å²) >= 11 is 3.36. The lowest BCUT2D eigenvalue weighted by Crippen LogP contribution is -2.59. The molecule has 0 atom stereocenters. The number of fused-ring (bicyclic) bond motifs is 1. The number of aromatic nitrogens is 2. The molecule has 3 rings (SSSR count). The summed E-state index contributed by atoms with van der Waals surface area (Å²) in [5.74, 6) is -0.235. The number of amides is 1. The normalized spacial score (nSPS) is 17.3. The van der Waals surface area contributed by atoms with E-state index in [1.165, 1.54) is 11.8 Å². The number of hydrogen-bond acceptors (Lipinski definition) is 3. The molecule has 1 fully saturated rings. The highest BCUT2D eigenvalue weighted by atomic mass is 79.9. The second kappa shape index (κ2) is 4.23. The van der Waals surface area contributed by atoms with Crippen LogP contribution >= 0.6 is 15.9 Å². The van der Waals surface area contributed by atoms with Gasteiger partial charge in [-0.1, -0.05) is 0 Å². The van der Waals surface area contributed by atoms with Gasteiger partial charge in [0.05, 0.1) is 23.1 Å². The predicted octanol–water partition coefficient (Wildman–Crippen LogP) is 2.58. The zero-order chi connectivity index (χ0) is 13.6. The number of nitrogens with zero attached hydrogens (tertiary/aromatic N) is 3. The number of hydrogen-bond donors (Lipinski definition) is 0. The van der Waals surface area contributed by atoms with E-state index in [4.69, 9.17) is 0 Å². The number of rotatable bonds is 1. The molecule has 0 aliphatic carbocycles. The Labute approximate surface area is 117 Å². The summed E-state index contributed by atoms with van der Waals surface area (Å²) in [6.07, 6.45) is 3.31. The summed E-state index contributed by atoms with van der Waals surface area (Å²) in [4.78, 5) is 22.0. The molecule has 98 valence electrons. The van der Waals surface area contributed by atoms with Gasteiger partial charge in [-0.3, -0.25) is 9.78 Å². The molecule has 0 aromatic carbocycles. The summed E-state index contributed by atoms with van der Waals surface area (Å²) in [7, 11) is 0. The van der Waals surface area contributed by atoms with Gasteiger partial charge in [0.1, 0.15) is 11.4 Å². The lowest BCUT2D eigenvalue weighted by Gasteiger charge is -2.41. The van der Waals surface area contributed by atoms with E-state index < -0.39 is 5.67 Å². The van der Waals surface area contributed by atoms with Crippen molar-refractivity contribution in [3.05, 3.63) is 34.7 Å². The largest absolute Gasteiger partial charge is 0.331 e. The van der Waals surface area contributed by atoms with Crippen molar-refractivity contribution in [1.82, 2.24) is 14.9 Å². The van der Waals surface area contributed by atoms with Gasteiger partial charge in [-0.2, -0.15) is 0 Å². The van der Waals surface area contributed by atoms with Gasteiger partial charge in [0.15, 0.2) is 0 Å². The minimum atomic E-state index is -1.27. The van der Waals surface area contributed by atoms with Crippen molar-refractivity contribution in [3.63, 3.8) is 0 Å². The van der Waals surface area contributed by atoms with Crippen molar-refractivity contribution in [2.24, 2.45) is 0 Å². The SMILES string of the molecule is CC1(F)CN(C(=O)c2ccc3cncc(Br)c3n2)C1. The lowest BCUT2D eigenvalue weighted by molar-refractivity contribution is -0.00820. The topological polar surface area (TPSA) is 46.1 Å². The minimum Gasteiger partial charge on any atom is -0.331 e. The average molecular weight is 324 g/mol. The summed E-state index contributed by atoms with van der Waals surface area (Å²) < 4.78 is 14.2. The zero-order valence-corrected chi connectivity index (χ0v) is 11.8. The third-order valence-electron chi connectivity index (χ3n) is 3.10. The molecule has 1 aliphatic heterocycles. The van der Waals surface area contributed by atoms with Crippen LogP contribution in [0, 0.1) is 0 Å². The molecule has 4 nitrogen and oxygen atoms in total. The van der Waals surface area contributed by atoms with Crippen LogP contribution in [0.1, 0.15) is 17.4 Å². The molecule has 0 radical (unpaired) electrons. The maximum atomic E-state index is 13.4. The molecule has 0 saturated carbocycles. The molecular weight excluding hydrogens is 313 g/mol. The van der Waals surface area contributed by atoms with Crippen LogP contribution in [0.25, 0.3) is 10.9 Å². The molecule has 1 aliphatic rings. The molecule has 6 heteroatoms. The molecule has 3 heterocycles. The first-order chi connectivity index (χ1) is 8.96. The summed E-state index contributed by atoms with van der Waals surface area (Å²) in [6.45, 7) is 1.75. The van der Waals surface area contributed by atoms with Gasteiger partial charge in [-0.05, 0) is 35.0 Å². The monoisotopic (exact) mass is 323 g/mol. The Balaban J connectivity index is 1.93. The van der Waals surface area contributed by atoms with Crippen LogP contribution in [0.5, 0.6) is 0 Å². The minimum absolute atomic E-state index is 0.128. The number of halogens is 2. The highest BCUT2D eigenvalue weighted by Crippen LogP contribution is 2.27. The van der Waals surface area contributed by atoms with Gasteiger partial charge in [-0.15, -0.1) is 0 Å². The number of likely N-dealkylation sites (tertiary alicyclic amines) is 1. The van der Waals surface area contributed by atoms with Crippen molar-refractivity contribution < 1.29 is 9.18 Å². The van der Waals surface area contributed by atoms with Crippen LogP contribution in [0.3, 0.4) is 0 Å². The molecule has 2 aromatic heterocycles. The molecule has 0 spiro atoms. The quantitative estimate of drug-likeness (QED) is 0.810. The van der Waals surface area contributed by atoms with Crippen molar-refractivity contribution >= 4 is 32.7 Å². The zero-order valence-electron chi connectivity index (χ0n) is 10.2. The van der Waals surface area contributed by atoms with Crippen molar-refractivity contribution in [2.45, 2.75) is 12.6 Å². The smallest absolute Gasteiger partial charge is 0.272 e. The maximum Gasteiger partial charge on any atom is 0.272 e. The average Bonchev–Trinajstić information content (AvgIpc) is 2.35. The summed E-state index contributed by atoms with van der Waals surface area (Å²) in [6, 6.07) is 3.44. The van der Waals surface area contributed by atoms with Gasteiger partial charge >= 0.3 is 0 Å². The summed E-state index contributed by atoms with van der Waals surface area (Å²) in [5, 5.41) is 0.852. The van der Waals surface area contributed by atoms with E-state index in [0.717, 1.165) is 9.86 Å². The van der Waals surface area contributed by atoms with E-state index in [9.17, 15) is 9.18 Å². The fourth-order valence-electron chi connectivity index (χ4n) is 2.18. The molecule has 1 saturated heterocycles. The predicted molar refractivity (Wildman–Crippen MR) is 72.7 cm³/mol. The van der Waals surface area contributed by atoms with Crippen LogP contribution in [-0.4, -0.2) is 39.5 Å². The number of carbonyl (C=O) groups excluding carboxylic acids is 1. The first kappa shape index (κ1) is 12.5. The van der Waals surface area contributed by atoms with Gasteiger partial charge in [0, 0.05) is 17.8 Å². The molecule has 2 aromatic rings. The van der Waals surface area contributed by atoms with Gasteiger partial charge < -0.3 is 4.90 Å². The molecule has 0 unspecified atom stereocenters. The lowest BCUT2D eigenvalue weighted by atomic mass is 9.98. The van der Waals surface area contributed by atoms with Crippen LogP contribution in [0.4, 0.5) is 4.39 Å². The van der Waals surface area contributed by atoms with Crippen molar-refractivity contribution in [2.75, 3.05) is 13.1 Å². The van der Waals surface area contributed by atoms with E-state index in [-0.39, 0.29) is 19.0 Å². The van der Waals surface area contributed by atoms with Crippen LogP contribution in [0.2, 0.25) is 0 Å². The fourth-order valence-corrected chi connectivity index (χ4v) is 2.62. The molecule has 0 bridgehead atoms. The summed E-state index contributed by atoms with van der Waals surface area (Å²) in [5.41, 5.74) is -0.254. The van der Waals surface area contributed by atoms with Crippen LogP contribution < -0.4 is 0 Å². The standard InChI is InChI=1S/C13H11BrFN3O/c1-13(15)6-18(7-13)12(19)10-3-2-8-4-16-5-9(14)11(8)17-10/h2-5H,6-7H2,1H3. The van der Waals surface area contributed by atoms with Crippen LogP contribution in [-0.2, 0) is 0 Å². The maximum absolute atomic E-state index is 13.4. The van der Waals surface area contributed by atoms with Gasteiger partial charge in [0.25, 0.3) is 5.91 Å². The molecule has 19 heavy (non-hydrogen) atoms. The Morgan fingerprint density at radius 3 is 2.84 bits per heavy atom. The van der Waals surface area contributed by atoms with E-state index in [2.05, 4.69) is 25.9 Å². The van der Waals surface area contributed by atoms with Gasteiger partial charge in [-0.25, -0.2) is 9.37 Å². The Morgan fingerprint density at radius 1 is 1.42 bits per heavy atom. The Kier molecular flexibility index (Phi) is 2.78. The van der Waals surface area contributed by atoms with Gasteiger partial charge in [0.2, 0.25) is 0 Å². The van der Waals surface area contributed by atoms with Crippen LogP contribution in [0.15, 0.2) is 29.0 Å². The molecule has 1 amide bonds. The van der Waals surface area contributed by atoms with E-state index >= 15 is 0 Å². The Morgan fingerprint density at radius 2 is 2.16 bits per heavy atom.